The molecular weight excluding hydrogens is 550 g/mol. The van der Waals surface area contributed by atoms with Gasteiger partial charge in [0, 0.05) is 19.5 Å². The van der Waals surface area contributed by atoms with Crippen molar-refractivity contribution in [3.05, 3.63) is 101 Å². The van der Waals surface area contributed by atoms with E-state index in [1.807, 2.05) is 0 Å². The number of carbonyl (C=O) groups excluding carboxylic acids is 2. The molecule has 1 N–H and O–H groups in total. The molecule has 0 fully saturated rings. The number of nitrogens with one attached hydrogen (secondary N) is 1. The Hall–Kier alpha value is -3.93. The van der Waals surface area contributed by atoms with Gasteiger partial charge in [-0.25, -0.2) is 12.8 Å². The van der Waals surface area contributed by atoms with Gasteiger partial charge in [-0.1, -0.05) is 48.5 Å². The molecule has 40 heavy (non-hydrogen) atoms. The number of rotatable bonds is 11. The van der Waals surface area contributed by atoms with Crippen LogP contribution in [0.25, 0.3) is 0 Å². The fourth-order valence-corrected chi connectivity index (χ4v) is 4.93. The number of hydrogen-bond donors (Lipinski definition) is 1. The molecule has 0 aliphatic rings. The number of hydrogen-bond acceptors (Lipinski definition) is 4. The Morgan fingerprint density at radius 1 is 0.925 bits per heavy atom. The number of nitrogens with zero attached hydrogens (tertiary/aromatic N) is 2. The Morgan fingerprint density at radius 2 is 1.57 bits per heavy atom. The molecule has 0 heterocycles. The summed E-state index contributed by atoms with van der Waals surface area (Å²) in [6.45, 7) is 0.894. The van der Waals surface area contributed by atoms with Crippen LogP contribution >= 0.6 is 0 Å². The molecule has 12 heteroatoms. The van der Waals surface area contributed by atoms with Gasteiger partial charge >= 0.3 is 6.18 Å². The first-order valence-electron chi connectivity index (χ1n) is 12.3. The lowest BCUT2D eigenvalue weighted by molar-refractivity contribution is -0.140. The van der Waals surface area contributed by atoms with Gasteiger partial charge in [-0.15, -0.1) is 0 Å². The maximum absolute atomic E-state index is 13.8. The highest BCUT2D eigenvalue weighted by Crippen LogP contribution is 2.32. The Morgan fingerprint density at radius 3 is 2.15 bits per heavy atom. The topological polar surface area (TPSA) is 86.8 Å². The molecular formula is C28H29F4N3O4S. The zero-order valence-corrected chi connectivity index (χ0v) is 22.7. The van der Waals surface area contributed by atoms with E-state index >= 15 is 0 Å². The van der Waals surface area contributed by atoms with Crippen LogP contribution in [-0.4, -0.2) is 50.5 Å². The number of anilines is 1. The third kappa shape index (κ3) is 8.28. The summed E-state index contributed by atoms with van der Waals surface area (Å²) in [7, 11) is -4.23. The number of likely N-dealkylation sites (N-methyl/N-ethyl adjacent to an activating group) is 1. The largest absolute Gasteiger partial charge is 0.416 e. The molecule has 0 saturated carbocycles. The highest BCUT2D eigenvalue weighted by Gasteiger charge is 2.34. The molecule has 0 aliphatic carbocycles. The Labute approximate surface area is 230 Å². The van der Waals surface area contributed by atoms with Gasteiger partial charge < -0.3 is 10.2 Å². The van der Waals surface area contributed by atoms with Crippen LogP contribution in [0.2, 0.25) is 0 Å². The van der Waals surface area contributed by atoms with Crippen LogP contribution in [0.1, 0.15) is 23.6 Å². The summed E-state index contributed by atoms with van der Waals surface area (Å²) >= 11 is 0. The van der Waals surface area contributed by atoms with Crippen LogP contribution in [0.5, 0.6) is 0 Å². The first-order valence-corrected chi connectivity index (χ1v) is 14.1. The molecule has 0 bridgehead atoms. The lowest BCUT2D eigenvalue weighted by Crippen LogP contribution is -2.53. The number of sulfonamides is 1. The Kier molecular flexibility index (Phi) is 9.91. The zero-order chi connectivity index (χ0) is 29.5. The van der Waals surface area contributed by atoms with E-state index in [2.05, 4.69) is 5.32 Å². The lowest BCUT2D eigenvalue weighted by Gasteiger charge is -2.33. The van der Waals surface area contributed by atoms with E-state index < -0.39 is 52.0 Å². The molecule has 214 valence electrons. The fourth-order valence-electron chi connectivity index (χ4n) is 4.08. The predicted molar refractivity (Wildman–Crippen MR) is 143 cm³/mol. The lowest BCUT2D eigenvalue weighted by atomic mass is 10.0. The standard InChI is InChI=1S/C28H29F4N3O4S/c1-3-33-27(37)25(16-20-8-5-4-6-9-20)34(18-21-12-14-23(29)15-13-21)26(36)19-35(40(2,38)39)24-11-7-10-22(17-24)28(30,31)32/h4-15,17,25H,3,16,18-19H2,1-2H3,(H,33,37)/t25-/m0/s1. The van der Waals surface area contributed by atoms with Crippen molar-refractivity contribution < 1.29 is 35.6 Å². The van der Waals surface area contributed by atoms with Gasteiger partial charge in [0.2, 0.25) is 21.8 Å². The number of alkyl halides is 3. The van der Waals surface area contributed by atoms with Gasteiger partial charge in [-0.05, 0) is 48.4 Å². The summed E-state index contributed by atoms with van der Waals surface area (Å²) in [5.74, 6) is -1.86. The first kappa shape index (κ1) is 30.6. The molecule has 0 radical (unpaired) electrons. The normalized spacial score (nSPS) is 12.4. The number of halogens is 4. The molecule has 2 amide bonds. The Bertz CT molecular complexity index is 1420. The monoisotopic (exact) mass is 579 g/mol. The molecule has 1 atom stereocenters. The second kappa shape index (κ2) is 12.9. The van der Waals surface area contributed by atoms with Crippen LogP contribution in [-0.2, 0) is 38.8 Å². The van der Waals surface area contributed by atoms with Gasteiger partial charge in [0.1, 0.15) is 18.4 Å². The molecule has 0 aliphatic heterocycles. The van der Waals surface area contributed by atoms with Gasteiger partial charge in [0.05, 0.1) is 17.5 Å². The summed E-state index contributed by atoms with van der Waals surface area (Å²) < 4.78 is 79.6. The number of benzene rings is 3. The highest BCUT2D eigenvalue weighted by atomic mass is 32.2. The second-order valence-electron chi connectivity index (χ2n) is 9.07. The summed E-state index contributed by atoms with van der Waals surface area (Å²) in [6, 6.07) is 16.6. The smallest absolute Gasteiger partial charge is 0.355 e. The van der Waals surface area contributed by atoms with Crippen molar-refractivity contribution in [3.63, 3.8) is 0 Å². The Balaban J connectivity index is 2.06. The molecule has 0 unspecified atom stereocenters. The molecule has 0 saturated heterocycles. The third-order valence-electron chi connectivity index (χ3n) is 6.03. The number of amides is 2. The maximum atomic E-state index is 13.8. The predicted octanol–water partition coefficient (Wildman–Crippen LogP) is 4.39. The van der Waals surface area contributed by atoms with Crippen molar-refractivity contribution in [2.24, 2.45) is 0 Å². The van der Waals surface area contributed by atoms with Crippen molar-refractivity contribution in [2.45, 2.75) is 32.1 Å². The first-order chi connectivity index (χ1) is 18.8. The van der Waals surface area contributed by atoms with E-state index in [0.717, 1.165) is 29.4 Å². The number of carbonyl (C=O) groups is 2. The van der Waals surface area contributed by atoms with E-state index in [-0.39, 0.29) is 25.2 Å². The van der Waals surface area contributed by atoms with Crippen molar-refractivity contribution in [3.8, 4) is 0 Å². The average molecular weight is 580 g/mol. The van der Waals surface area contributed by atoms with Gasteiger partial charge in [-0.3, -0.25) is 13.9 Å². The van der Waals surface area contributed by atoms with E-state index in [9.17, 15) is 35.6 Å². The summed E-state index contributed by atoms with van der Waals surface area (Å²) in [5, 5.41) is 2.69. The molecule has 3 aromatic rings. The highest BCUT2D eigenvalue weighted by molar-refractivity contribution is 7.92. The van der Waals surface area contributed by atoms with E-state index in [0.29, 0.717) is 21.5 Å². The maximum Gasteiger partial charge on any atom is 0.416 e. The van der Waals surface area contributed by atoms with Crippen LogP contribution in [0, 0.1) is 5.82 Å². The van der Waals surface area contributed by atoms with E-state index in [4.69, 9.17) is 0 Å². The zero-order valence-electron chi connectivity index (χ0n) is 21.9. The molecule has 0 spiro atoms. The molecule has 3 rings (SSSR count). The van der Waals surface area contributed by atoms with Crippen LogP contribution in [0.3, 0.4) is 0 Å². The van der Waals surface area contributed by atoms with Gasteiger partial charge in [0.15, 0.2) is 0 Å². The van der Waals surface area contributed by atoms with E-state index in [1.54, 1.807) is 37.3 Å². The van der Waals surface area contributed by atoms with Gasteiger partial charge in [-0.2, -0.15) is 13.2 Å². The summed E-state index contributed by atoms with van der Waals surface area (Å²) in [5.41, 5.74) is -0.265. The summed E-state index contributed by atoms with van der Waals surface area (Å²) in [6.07, 6.45) is -3.89. The molecule has 7 nitrogen and oxygen atoms in total. The molecule has 0 aromatic heterocycles. The molecule has 3 aromatic carbocycles. The van der Waals surface area contributed by atoms with Crippen LogP contribution in [0.4, 0.5) is 23.2 Å². The minimum atomic E-state index is -4.74. The van der Waals surface area contributed by atoms with Crippen LogP contribution < -0.4 is 9.62 Å². The van der Waals surface area contributed by atoms with Crippen molar-refractivity contribution in [1.29, 1.82) is 0 Å². The second-order valence-corrected chi connectivity index (χ2v) is 11.0. The minimum Gasteiger partial charge on any atom is -0.355 e. The van der Waals surface area contributed by atoms with Crippen molar-refractivity contribution >= 4 is 27.5 Å². The third-order valence-corrected chi connectivity index (χ3v) is 7.17. The summed E-state index contributed by atoms with van der Waals surface area (Å²) in [4.78, 5) is 28.2. The average Bonchev–Trinajstić information content (AvgIpc) is 2.90. The van der Waals surface area contributed by atoms with Crippen LogP contribution in [0.15, 0.2) is 78.9 Å². The van der Waals surface area contributed by atoms with E-state index in [1.165, 1.54) is 24.3 Å². The van der Waals surface area contributed by atoms with Gasteiger partial charge in [0.25, 0.3) is 0 Å². The quantitative estimate of drug-likeness (QED) is 0.342. The fraction of sp³-hybridized carbons (Fsp3) is 0.286. The SMILES string of the molecule is CCNC(=O)[C@H](Cc1ccccc1)N(Cc1ccc(F)cc1)C(=O)CN(c1cccc(C(F)(F)F)c1)S(C)(=O)=O. The van der Waals surface area contributed by atoms with Crippen molar-refractivity contribution in [1.82, 2.24) is 10.2 Å². The van der Waals surface area contributed by atoms with Crippen molar-refractivity contribution in [2.75, 3.05) is 23.7 Å². The minimum absolute atomic E-state index is 0.0715.